The maximum atomic E-state index is 9.84. The fourth-order valence-electron chi connectivity index (χ4n) is 3.99. The molecule has 0 bridgehead atoms. The van der Waals surface area contributed by atoms with Gasteiger partial charge in [-0.05, 0) is 43.7 Å². The van der Waals surface area contributed by atoms with Gasteiger partial charge in [0.25, 0.3) is 0 Å². The third-order valence-corrected chi connectivity index (χ3v) is 5.50. The Labute approximate surface area is 158 Å². The van der Waals surface area contributed by atoms with E-state index < -0.39 is 0 Å². The van der Waals surface area contributed by atoms with Crippen molar-refractivity contribution < 1.29 is 0 Å². The molecule has 4 rings (SSSR count). The molecule has 27 heavy (non-hydrogen) atoms. The molecule has 6 nitrogen and oxygen atoms in total. The van der Waals surface area contributed by atoms with E-state index in [-0.39, 0.29) is 0 Å². The van der Waals surface area contributed by atoms with E-state index in [2.05, 4.69) is 39.5 Å². The van der Waals surface area contributed by atoms with Crippen molar-refractivity contribution in [2.45, 2.75) is 19.8 Å². The average Bonchev–Trinajstić information content (AvgIpc) is 3.06. The topological polar surface area (TPSA) is 71.4 Å². The molecule has 136 valence electrons. The Bertz CT molecular complexity index is 1090. The number of pyridine rings is 1. The minimum Gasteiger partial charge on any atom is -0.355 e. The lowest BCUT2D eigenvalue weighted by molar-refractivity contribution is 0.311. The Kier molecular flexibility index (Phi) is 4.43. The van der Waals surface area contributed by atoms with Crippen LogP contribution in [0.25, 0.3) is 16.7 Å². The number of rotatable bonds is 3. The first-order valence-electron chi connectivity index (χ1n) is 9.29. The molecule has 0 amide bonds. The van der Waals surface area contributed by atoms with E-state index in [0.717, 1.165) is 54.2 Å². The summed E-state index contributed by atoms with van der Waals surface area (Å²) in [5.41, 5.74) is 5.26. The first kappa shape index (κ1) is 17.3. The van der Waals surface area contributed by atoms with Crippen molar-refractivity contribution in [3.05, 3.63) is 41.0 Å². The summed E-state index contributed by atoms with van der Waals surface area (Å²) in [6.07, 6.45) is 1.08. The molecule has 0 N–H and O–H groups in total. The van der Waals surface area contributed by atoms with Crippen LogP contribution in [0.1, 0.15) is 23.1 Å². The van der Waals surface area contributed by atoms with Crippen molar-refractivity contribution in [1.82, 2.24) is 14.3 Å². The number of imidazole rings is 1. The second-order valence-electron chi connectivity index (χ2n) is 7.12. The molecule has 1 fully saturated rings. The Hall–Kier alpha value is -3.09. The maximum absolute atomic E-state index is 9.84. The van der Waals surface area contributed by atoms with Crippen LogP contribution in [0, 0.1) is 29.6 Å². The first-order chi connectivity index (χ1) is 13.2. The van der Waals surface area contributed by atoms with Gasteiger partial charge in [0.05, 0.1) is 22.7 Å². The van der Waals surface area contributed by atoms with Gasteiger partial charge < -0.3 is 9.80 Å². The number of hydrogen-bond acceptors (Lipinski definition) is 5. The highest BCUT2D eigenvalue weighted by molar-refractivity contribution is 5.86. The van der Waals surface area contributed by atoms with Crippen LogP contribution in [-0.2, 0) is 6.42 Å². The molecule has 0 saturated carbocycles. The molecule has 6 heteroatoms. The van der Waals surface area contributed by atoms with Crippen LogP contribution in [0.4, 0.5) is 5.82 Å². The van der Waals surface area contributed by atoms with E-state index in [9.17, 15) is 10.5 Å². The van der Waals surface area contributed by atoms with Crippen LogP contribution in [0.3, 0.4) is 0 Å². The van der Waals surface area contributed by atoms with Gasteiger partial charge in [-0.2, -0.15) is 10.5 Å². The minimum atomic E-state index is 0.435. The van der Waals surface area contributed by atoms with E-state index in [1.807, 2.05) is 25.1 Å². The third kappa shape index (κ3) is 2.79. The third-order valence-electron chi connectivity index (χ3n) is 5.50. The summed E-state index contributed by atoms with van der Waals surface area (Å²) in [5, 5.41) is 19.0. The van der Waals surface area contributed by atoms with Crippen LogP contribution < -0.4 is 4.90 Å². The zero-order chi connectivity index (χ0) is 19.0. The van der Waals surface area contributed by atoms with Gasteiger partial charge in [-0.1, -0.05) is 12.1 Å². The second kappa shape index (κ2) is 6.90. The highest BCUT2D eigenvalue weighted by Crippen LogP contribution is 2.34. The largest absolute Gasteiger partial charge is 0.355 e. The summed E-state index contributed by atoms with van der Waals surface area (Å²) < 4.78 is 2.14. The lowest BCUT2D eigenvalue weighted by Gasteiger charge is -2.36. The summed E-state index contributed by atoms with van der Waals surface area (Å²) in [6, 6.07) is 12.6. The monoisotopic (exact) mass is 358 g/mol. The van der Waals surface area contributed by atoms with Crippen LogP contribution in [0.15, 0.2) is 24.3 Å². The van der Waals surface area contributed by atoms with Gasteiger partial charge in [-0.15, -0.1) is 0 Å². The number of piperazine rings is 1. The van der Waals surface area contributed by atoms with Crippen molar-refractivity contribution in [3.63, 3.8) is 0 Å². The number of fused-ring (bicyclic) bond motifs is 3. The second-order valence-corrected chi connectivity index (χ2v) is 7.12. The quantitative estimate of drug-likeness (QED) is 0.720. The SMILES string of the molecule is Cc1c(CCC#N)c(N2CCN(C)CC2)n2c(nc3ccccc32)c1C#N. The van der Waals surface area contributed by atoms with Gasteiger partial charge in [0.2, 0.25) is 0 Å². The summed E-state index contributed by atoms with van der Waals surface area (Å²) in [5.74, 6) is 1.10. The number of hydrogen-bond donors (Lipinski definition) is 0. The van der Waals surface area contributed by atoms with E-state index in [4.69, 9.17) is 4.98 Å². The molecule has 1 aliphatic rings. The van der Waals surface area contributed by atoms with E-state index >= 15 is 0 Å². The summed E-state index contributed by atoms with van der Waals surface area (Å²) in [4.78, 5) is 9.49. The summed E-state index contributed by atoms with van der Waals surface area (Å²) in [7, 11) is 2.14. The molecule has 1 aliphatic heterocycles. The van der Waals surface area contributed by atoms with Gasteiger partial charge in [0.1, 0.15) is 11.9 Å². The van der Waals surface area contributed by atoms with Crippen LogP contribution in [0.5, 0.6) is 0 Å². The van der Waals surface area contributed by atoms with E-state index in [1.165, 1.54) is 0 Å². The normalized spacial score (nSPS) is 15.2. The smallest absolute Gasteiger partial charge is 0.157 e. The molecule has 0 unspecified atom stereocenters. The molecule has 1 aromatic carbocycles. The van der Waals surface area contributed by atoms with Gasteiger partial charge in [0, 0.05) is 32.6 Å². The molecule has 0 radical (unpaired) electrons. The number of benzene rings is 1. The molecule has 0 aliphatic carbocycles. The number of nitrogens with zero attached hydrogens (tertiary/aromatic N) is 6. The molecule has 0 spiro atoms. The highest BCUT2D eigenvalue weighted by Gasteiger charge is 2.25. The molecule has 1 saturated heterocycles. The van der Waals surface area contributed by atoms with Crippen LogP contribution in [-0.4, -0.2) is 47.5 Å². The van der Waals surface area contributed by atoms with Crippen molar-refractivity contribution in [3.8, 4) is 12.1 Å². The number of anilines is 1. The number of nitriles is 2. The molecule has 2 aromatic heterocycles. The highest BCUT2D eigenvalue weighted by atomic mass is 15.3. The van der Waals surface area contributed by atoms with E-state index in [1.54, 1.807) is 0 Å². The zero-order valence-electron chi connectivity index (χ0n) is 15.7. The Morgan fingerprint density at radius 2 is 1.85 bits per heavy atom. The summed E-state index contributed by atoms with van der Waals surface area (Å²) in [6.45, 7) is 5.81. The number of aromatic nitrogens is 2. The molecular formula is C21H22N6. The van der Waals surface area contributed by atoms with Gasteiger partial charge >= 0.3 is 0 Å². The number of para-hydroxylation sites is 2. The van der Waals surface area contributed by atoms with Crippen molar-refractivity contribution in [2.75, 3.05) is 38.1 Å². The van der Waals surface area contributed by atoms with Crippen molar-refractivity contribution in [1.29, 1.82) is 10.5 Å². The van der Waals surface area contributed by atoms with Crippen LogP contribution in [0.2, 0.25) is 0 Å². The molecule has 3 heterocycles. The fraction of sp³-hybridized carbons (Fsp3) is 0.381. The Balaban J connectivity index is 2.07. The Morgan fingerprint density at radius 1 is 1.11 bits per heavy atom. The van der Waals surface area contributed by atoms with Crippen molar-refractivity contribution >= 4 is 22.5 Å². The summed E-state index contributed by atoms with van der Waals surface area (Å²) >= 11 is 0. The zero-order valence-corrected chi connectivity index (χ0v) is 15.7. The standard InChI is InChI=1S/C21H22N6/c1-15-16(6-5-9-22)21(26-12-10-25(2)11-13-26)27-19-8-4-3-7-18(19)24-20(27)17(15)14-23/h3-4,7-8H,5-6,10-13H2,1-2H3. The molecule has 0 atom stereocenters. The first-order valence-corrected chi connectivity index (χ1v) is 9.29. The maximum Gasteiger partial charge on any atom is 0.157 e. The molecular weight excluding hydrogens is 336 g/mol. The predicted octanol–water partition coefficient (Wildman–Crippen LogP) is 2.88. The Morgan fingerprint density at radius 3 is 2.56 bits per heavy atom. The molecule has 3 aromatic rings. The van der Waals surface area contributed by atoms with Crippen molar-refractivity contribution in [2.24, 2.45) is 0 Å². The minimum absolute atomic E-state index is 0.435. The van der Waals surface area contributed by atoms with Gasteiger partial charge in [0.15, 0.2) is 5.65 Å². The average molecular weight is 358 g/mol. The van der Waals surface area contributed by atoms with Gasteiger partial charge in [-0.25, -0.2) is 4.98 Å². The lowest BCUT2D eigenvalue weighted by atomic mass is 9.99. The fourth-order valence-corrected chi connectivity index (χ4v) is 3.99. The van der Waals surface area contributed by atoms with Crippen LogP contribution >= 0.6 is 0 Å². The van der Waals surface area contributed by atoms with E-state index in [0.29, 0.717) is 24.1 Å². The number of likely N-dealkylation sites (N-methyl/N-ethyl adjacent to an activating group) is 1. The predicted molar refractivity (Wildman–Crippen MR) is 106 cm³/mol. The van der Waals surface area contributed by atoms with Gasteiger partial charge in [-0.3, -0.25) is 4.40 Å². The lowest BCUT2D eigenvalue weighted by Crippen LogP contribution is -2.45.